The maximum absolute atomic E-state index is 10.3. The maximum Gasteiger partial charge on any atom is 2.00 e. The fraction of sp³-hybridized carbons (Fsp3) is 0.125. The summed E-state index contributed by atoms with van der Waals surface area (Å²) in [6.07, 6.45) is 0. The summed E-state index contributed by atoms with van der Waals surface area (Å²) in [4.78, 5) is 20.6. The van der Waals surface area contributed by atoms with Gasteiger partial charge in [-0.1, -0.05) is 48.5 Å². The summed E-state index contributed by atoms with van der Waals surface area (Å²) in [5.41, 5.74) is 2.01. The molecule has 2 rings (SSSR count). The standard InChI is InChI=1S/2C8H8O2.Fe/c2*1-6-4-2-3-5-7(6)8(9)10;/h2*2-5H,1H3,(H,9,10);/q;;+2/p-2. The number of carbonyl (C=O) groups excluding carboxylic acids is 2. The van der Waals surface area contributed by atoms with Gasteiger partial charge in [0.15, 0.2) is 0 Å². The van der Waals surface area contributed by atoms with Crippen LogP contribution in [0.2, 0.25) is 0 Å². The minimum atomic E-state index is -1.11. The molecule has 0 aromatic heterocycles. The number of carbonyl (C=O) groups is 2. The average Bonchev–Trinajstić information content (AvgIpc) is 2.40. The van der Waals surface area contributed by atoms with Crippen LogP contribution >= 0.6 is 0 Å². The van der Waals surface area contributed by atoms with E-state index < -0.39 is 11.9 Å². The molecular formula is C16H14FeO4. The number of benzene rings is 2. The summed E-state index contributed by atoms with van der Waals surface area (Å²) in [5, 5.41) is 20.6. The van der Waals surface area contributed by atoms with Crippen LogP contribution in [0, 0.1) is 13.8 Å². The Hall–Kier alpha value is -2.10. The normalized spacial score (nSPS) is 8.86. The molecule has 0 aliphatic carbocycles. The molecule has 0 spiro atoms. The van der Waals surface area contributed by atoms with Crippen LogP contribution in [0.5, 0.6) is 0 Å². The van der Waals surface area contributed by atoms with Crippen LogP contribution in [0.25, 0.3) is 0 Å². The van der Waals surface area contributed by atoms with Crippen molar-refractivity contribution in [2.75, 3.05) is 0 Å². The SMILES string of the molecule is Cc1ccccc1C(=O)[O-].Cc1ccccc1C(=O)[O-].[Fe+2]. The molecular weight excluding hydrogens is 312 g/mol. The topological polar surface area (TPSA) is 80.3 Å². The molecule has 0 amide bonds. The Kier molecular flexibility index (Phi) is 8.05. The smallest absolute Gasteiger partial charge is 0.545 e. The van der Waals surface area contributed by atoms with Gasteiger partial charge in [0.1, 0.15) is 0 Å². The third-order valence-electron chi connectivity index (χ3n) is 2.73. The molecule has 0 N–H and O–H groups in total. The number of carboxylic acids is 2. The Labute approximate surface area is 133 Å². The van der Waals surface area contributed by atoms with E-state index in [9.17, 15) is 19.8 Å². The summed E-state index contributed by atoms with van der Waals surface area (Å²) in [5.74, 6) is -2.23. The molecule has 110 valence electrons. The van der Waals surface area contributed by atoms with E-state index in [1.54, 1.807) is 50.2 Å². The first-order valence-electron chi connectivity index (χ1n) is 5.97. The molecule has 2 aromatic rings. The zero-order chi connectivity index (χ0) is 15.1. The first-order valence-corrected chi connectivity index (χ1v) is 5.97. The summed E-state index contributed by atoms with van der Waals surface area (Å²) in [6, 6.07) is 13.5. The van der Waals surface area contributed by atoms with Gasteiger partial charge in [0, 0.05) is 11.1 Å². The molecule has 0 saturated heterocycles. The monoisotopic (exact) mass is 326 g/mol. The molecule has 0 fully saturated rings. The van der Waals surface area contributed by atoms with Crippen molar-refractivity contribution in [2.45, 2.75) is 13.8 Å². The summed E-state index contributed by atoms with van der Waals surface area (Å²) in [7, 11) is 0. The predicted octanol–water partition coefficient (Wildman–Crippen LogP) is 0.715. The van der Waals surface area contributed by atoms with Crippen molar-refractivity contribution in [2.24, 2.45) is 0 Å². The molecule has 0 heterocycles. The fourth-order valence-corrected chi connectivity index (χ4v) is 1.60. The summed E-state index contributed by atoms with van der Waals surface area (Å²) in [6.45, 7) is 3.48. The molecule has 2 aromatic carbocycles. The van der Waals surface area contributed by atoms with Crippen molar-refractivity contribution in [1.29, 1.82) is 0 Å². The second-order valence-corrected chi connectivity index (χ2v) is 4.20. The van der Waals surface area contributed by atoms with E-state index in [1.165, 1.54) is 12.1 Å². The van der Waals surface area contributed by atoms with Crippen molar-refractivity contribution < 1.29 is 36.9 Å². The van der Waals surface area contributed by atoms with E-state index in [0.717, 1.165) is 11.1 Å². The minimum Gasteiger partial charge on any atom is -0.545 e. The molecule has 0 aliphatic heterocycles. The zero-order valence-corrected chi connectivity index (χ0v) is 12.7. The van der Waals surface area contributed by atoms with Crippen molar-refractivity contribution in [3.63, 3.8) is 0 Å². The van der Waals surface area contributed by atoms with Crippen LogP contribution < -0.4 is 10.2 Å². The first kappa shape index (κ1) is 18.9. The van der Waals surface area contributed by atoms with Crippen molar-refractivity contribution in [1.82, 2.24) is 0 Å². The Morgan fingerprint density at radius 3 is 1.19 bits per heavy atom. The molecule has 0 atom stereocenters. The van der Waals surface area contributed by atoms with Gasteiger partial charge in [-0.2, -0.15) is 0 Å². The molecule has 0 bridgehead atoms. The maximum atomic E-state index is 10.3. The Morgan fingerprint density at radius 2 is 1.00 bits per heavy atom. The number of hydrogen-bond donors (Lipinski definition) is 0. The second kappa shape index (κ2) is 8.95. The van der Waals surface area contributed by atoms with Crippen LogP contribution in [0.4, 0.5) is 0 Å². The fourth-order valence-electron chi connectivity index (χ4n) is 1.60. The Morgan fingerprint density at radius 1 is 0.714 bits per heavy atom. The first-order chi connectivity index (χ1) is 9.43. The van der Waals surface area contributed by atoms with Crippen LogP contribution in [0.3, 0.4) is 0 Å². The molecule has 5 heteroatoms. The van der Waals surface area contributed by atoms with Gasteiger partial charge in [-0.3, -0.25) is 0 Å². The van der Waals surface area contributed by atoms with Crippen molar-refractivity contribution >= 4 is 11.9 Å². The average molecular weight is 326 g/mol. The number of carboxylic acid groups (broad SMARTS) is 2. The molecule has 0 unspecified atom stereocenters. The molecule has 0 aliphatic rings. The van der Waals surface area contributed by atoms with E-state index >= 15 is 0 Å². The summed E-state index contributed by atoms with van der Waals surface area (Å²) >= 11 is 0. The van der Waals surface area contributed by atoms with Gasteiger partial charge in [-0.05, 0) is 25.0 Å². The van der Waals surface area contributed by atoms with Crippen molar-refractivity contribution in [3.8, 4) is 0 Å². The molecule has 0 saturated carbocycles. The minimum absolute atomic E-state index is 0. The van der Waals surface area contributed by atoms with E-state index in [1.807, 2.05) is 0 Å². The molecule has 21 heavy (non-hydrogen) atoms. The van der Waals surface area contributed by atoms with E-state index in [2.05, 4.69) is 0 Å². The van der Waals surface area contributed by atoms with Crippen LogP contribution in [0.1, 0.15) is 31.8 Å². The zero-order valence-electron chi connectivity index (χ0n) is 11.6. The quantitative estimate of drug-likeness (QED) is 0.762. The third-order valence-corrected chi connectivity index (χ3v) is 2.73. The predicted molar refractivity (Wildman–Crippen MR) is 71.0 cm³/mol. The number of aromatic carboxylic acids is 2. The third kappa shape index (κ3) is 5.81. The van der Waals surface area contributed by atoms with Gasteiger partial charge in [0.25, 0.3) is 0 Å². The van der Waals surface area contributed by atoms with E-state index in [-0.39, 0.29) is 28.2 Å². The van der Waals surface area contributed by atoms with Gasteiger partial charge in [0.05, 0.1) is 11.9 Å². The van der Waals surface area contributed by atoms with Gasteiger partial charge < -0.3 is 19.8 Å². The van der Waals surface area contributed by atoms with Gasteiger partial charge in [-0.15, -0.1) is 0 Å². The molecule has 0 radical (unpaired) electrons. The summed E-state index contributed by atoms with van der Waals surface area (Å²) < 4.78 is 0. The largest absolute Gasteiger partial charge is 2.00 e. The van der Waals surface area contributed by atoms with E-state index in [0.29, 0.717) is 0 Å². The Bertz CT molecular complexity index is 568. The van der Waals surface area contributed by atoms with Gasteiger partial charge in [-0.25, -0.2) is 0 Å². The number of rotatable bonds is 2. The van der Waals surface area contributed by atoms with Crippen LogP contribution in [0.15, 0.2) is 48.5 Å². The van der Waals surface area contributed by atoms with E-state index in [4.69, 9.17) is 0 Å². The second-order valence-electron chi connectivity index (χ2n) is 4.20. The number of hydrogen-bond acceptors (Lipinski definition) is 4. The van der Waals surface area contributed by atoms with Gasteiger partial charge in [0.2, 0.25) is 0 Å². The molecule has 4 nitrogen and oxygen atoms in total. The van der Waals surface area contributed by atoms with Crippen LogP contribution in [-0.2, 0) is 17.1 Å². The Balaban J connectivity index is 0.000000364. The number of aryl methyl sites for hydroxylation is 2. The van der Waals surface area contributed by atoms with Gasteiger partial charge >= 0.3 is 17.1 Å². The van der Waals surface area contributed by atoms with Crippen LogP contribution in [-0.4, -0.2) is 11.9 Å². The van der Waals surface area contributed by atoms with Crippen molar-refractivity contribution in [3.05, 3.63) is 70.8 Å².